The maximum Gasteiger partial charge on any atom is 0.243 e. The average molecular weight is 228 g/mol. The van der Waals surface area contributed by atoms with Gasteiger partial charge in [0.05, 0.1) is 12.6 Å². The monoisotopic (exact) mass is 228 g/mol. The van der Waals surface area contributed by atoms with E-state index in [1.54, 1.807) is 7.11 Å². The van der Waals surface area contributed by atoms with Crippen LogP contribution in [0.1, 0.15) is 26.7 Å². The van der Waals surface area contributed by atoms with Gasteiger partial charge in [-0.1, -0.05) is 13.8 Å². The van der Waals surface area contributed by atoms with Crippen LogP contribution in [0.25, 0.3) is 0 Å². The standard InChI is InChI=1S/C11H20N2O3/c1-7(2)9(6-16-3)12-8-4-5-10(14)13-11(8)15/h7-9,12H,4-6H2,1-3H3,(H,13,14,15). The first-order valence-corrected chi connectivity index (χ1v) is 5.63. The van der Waals surface area contributed by atoms with Crippen molar-refractivity contribution in [3.05, 3.63) is 0 Å². The molecule has 5 nitrogen and oxygen atoms in total. The van der Waals surface area contributed by atoms with Crippen LogP contribution in [0.4, 0.5) is 0 Å². The maximum atomic E-state index is 11.5. The quantitative estimate of drug-likeness (QED) is 0.653. The molecule has 0 aliphatic carbocycles. The molecule has 0 spiro atoms. The Bertz CT molecular complexity index is 266. The van der Waals surface area contributed by atoms with E-state index < -0.39 is 0 Å². The molecule has 1 saturated heterocycles. The molecule has 2 atom stereocenters. The van der Waals surface area contributed by atoms with E-state index in [0.29, 0.717) is 25.4 Å². The summed E-state index contributed by atoms with van der Waals surface area (Å²) in [5.41, 5.74) is 0. The fraction of sp³-hybridized carbons (Fsp3) is 0.818. The topological polar surface area (TPSA) is 67.4 Å². The second-order valence-electron chi connectivity index (χ2n) is 4.48. The first-order valence-electron chi connectivity index (χ1n) is 5.63. The van der Waals surface area contributed by atoms with Gasteiger partial charge in [0.2, 0.25) is 11.8 Å². The number of amides is 2. The summed E-state index contributed by atoms with van der Waals surface area (Å²) < 4.78 is 5.10. The molecule has 2 N–H and O–H groups in total. The molecular weight excluding hydrogens is 208 g/mol. The van der Waals surface area contributed by atoms with Gasteiger partial charge in [0.25, 0.3) is 0 Å². The van der Waals surface area contributed by atoms with Crippen LogP contribution < -0.4 is 10.6 Å². The first-order chi connectivity index (χ1) is 7.54. The van der Waals surface area contributed by atoms with E-state index in [-0.39, 0.29) is 23.9 Å². The Morgan fingerprint density at radius 2 is 2.19 bits per heavy atom. The normalized spacial score (nSPS) is 23.4. The summed E-state index contributed by atoms with van der Waals surface area (Å²) in [5.74, 6) is -0.0285. The number of hydrogen-bond acceptors (Lipinski definition) is 4. The highest BCUT2D eigenvalue weighted by molar-refractivity contribution is 6.00. The maximum absolute atomic E-state index is 11.5. The summed E-state index contributed by atoms with van der Waals surface area (Å²) in [6, 6.07) is -0.144. The third kappa shape index (κ3) is 3.57. The predicted octanol–water partition coefficient (Wildman–Crippen LogP) is 0.0522. The van der Waals surface area contributed by atoms with Crippen molar-refractivity contribution in [3.8, 4) is 0 Å². The molecule has 1 heterocycles. The Balaban J connectivity index is 2.50. The Morgan fingerprint density at radius 3 is 2.69 bits per heavy atom. The molecule has 1 rings (SSSR count). The Morgan fingerprint density at radius 1 is 1.50 bits per heavy atom. The van der Waals surface area contributed by atoms with Crippen molar-refractivity contribution in [2.45, 2.75) is 38.8 Å². The molecule has 0 aromatic rings. The van der Waals surface area contributed by atoms with E-state index in [0.717, 1.165) is 0 Å². The minimum atomic E-state index is -0.278. The summed E-state index contributed by atoms with van der Waals surface area (Å²) >= 11 is 0. The lowest BCUT2D eigenvalue weighted by atomic mass is 10.0. The van der Waals surface area contributed by atoms with E-state index in [9.17, 15) is 9.59 Å². The molecule has 1 fully saturated rings. The van der Waals surface area contributed by atoms with Gasteiger partial charge in [0.15, 0.2) is 0 Å². The Hall–Kier alpha value is -0.940. The number of methoxy groups -OCH3 is 1. The molecule has 5 heteroatoms. The largest absolute Gasteiger partial charge is 0.383 e. The summed E-state index contributed by atoms with van der Waals surface area (Å²) in [6.07, 6.45) is 0.971. The molecule has 2 amide bonds. The van der Waals surface area contributed by atoms with Gasteiger partial charge in [0, 0.05) is 19.6 Å². The zero-order chi connectivity index (χ0) is 12.1. The molecule has 1 aliphatic rings. The Labute approximate surface area is 95.9 Å². The van der Waals surface area contributed by atoms with Gasteiger partial charge in [-0.2, -0.15) is 0 Å². The number of hydrogen-bond donors (Lipinski definition) is 2. The lowest BCUT2D eigenvalue weighted by Crippen LogP contribution is -2.55. The van der Waals surface area contributed by atoms with Gasteiger partial charge in [-0.15, -0.1) is 0 Å². The average Bonchev–Trinajstić information content (AvgIpc) is 2.20. The van der Waals surface area contributed by atoms with Crippen LogP contribution in [0.3, 0.4) is 0 Å². The van der Waals surface area contributed by atoms with E-state index >= 15 is 0 Å². The SMILES string of the molecule is COCC(NC1CCC(=O)NC1=O)C(C)C. The fourth-order valence-corrected chi connectivity index (χ4v) is 1.72. The van der Waals surface area contributed by atoms with Crippen LogP contribution in [0.15, 0.2) is 0 Å². The van der Waals surface area contributed by atoms with Crippen molar-refractivity contribution in [1.29, 1.82) is 0 Å². The molecule has 0 aromatic carbocycles. The number of rotatable bonds is 5. The third-order valence-electron chi connectivity index (χ3n) is 2.81. The molecule has 0 aromatic heterocycles. The molecular formula is C11H20N2O3. The van der Waals surface area contributed by atoms with Gasteiger partial charge < -0.3 is 10.1 Å². The van der Waals surface area contributed by atoms with Crippen molar-refractivity contribution >= 4 is 11.8 Å². The van der Waals surface area contributed by atoms with Crippen LogP contribution in [0, 0.1) is 5.92 Å². The predicted molar refractivity (Wildman–Crippen MR) is 59.8 cm³/mol. The van der Waals surface area contributed by atoms with Crippen LogP contribution in [0.2, 0.25) is 0 Å². The summed E-state index contributed by atoms with van der Waals surface area (Å²) in [5, 5.41) is 5.57. The number of piperidine rings is 1. The van der Waals surface area contributed by atoms with Crippen molar-refractivity contribution in [2.75, 3.05) is 13.7 Å². The zero-order valence-electron chi connectivity index (χ0n) is 10.1. The lowest BCUT2D eigenvalue weighted by Gasteiger charge is -2.29. The van der Waals surface area contributed by atoms with Crippen molar-refractivity contribution in [2.24, 2.45) is 5.92 Å². The van der Waals surface area contributed by atoms with Gasteiger partial charge in [-0.05, 0) is 12.3 Å². The van der Waals surface area contributed by atoms with Gasteiger partial charge in [-0.25, -0.2) is 0 Å². The highest BCUT2D eigenvalue weighted by Gasteiger charge is 2.29. The zero-order valence-corrected chi connectivity index (χ0v) is 10.1. The van der Waals surface area contributed by atoms with Crippen LogP contribution in [-0.2, 0) is 14.3 Å². The molecule has 0 saturated carbocycles. The van der Waals surface area contributed by atoms with Crippen LogP contribution >= 0.6 is 0 Å². The van der Waals surface area contributed by atoms with Crippen molar-refractivity contribution in [3.63, 3.8) is 0 Å². The number of carbonyl (C=O) groups excluding carboxylic acids is 2. The smallest absolute Gasteiger partial charge is 0.243 e. The highest BCUT2D eigenvalue weighted by atomic mass is 16.5. The fourth-order valence-electron chi connectivity index (χ4n) is 1.72. The van der Waals surface area contributed by atoms with Gasteiger partial charge >= 0.3 is 0 Å². The summed E-state index contributed by atoms with van der Waals surface area (Å²) in [6.45, 7) is 4.71. The molecule has 1 aliphatic heterocycles. The van der Waals surface area contributed by atoms with E-state index in [1.807, 2.05) is 0 Å². The lowest BCUT2D eigenvalue weighted by molar-refractivity contribution is -0.135. The van der Waals surface area contributed by atoms with Crippen molar-refractivity contribution in [1.82, 2.24) is 10.6 Å². The molecule has 0 radical (unpaired) electrons. The first kappa shape index (κ1) is 13.1. The number of imide groups is 1. The number of carbonyl (C=O) groups is 2. The molecule has 92 valence electrons. The summed E-state index contributed by atoms with van der Waals surface area (Å²) in [4.78, 5) is 22.5. The Kier molecular flexibility index (Phi) is 4.89. The highest BCUT2D eigenvalue weighted by Crippen LogP contribution is 2.09. The second kappa shape index (κ2) is 5.96. The molecule has 0 bridgehead atoms. The van der Waals surface area contributed by atoms with Crippen LogP contribution in [-0.4, -0.2) is 37.6 Å². The van der Waals surface area contributed by atoms with Crippen LogP contribution in [0.5, 0.6) is 0 Å². The van der Waals surface area contributed by atoms with Gasteiger partial charge in [-0.3, -0.25) is 14.9 Å². The second-order valence-corrected chi connectivity index (χ2v) is 4.48. The van der Waals surface area contributed by atoms with E-state index in [2.05, 4.69) is 24.5 Å². The van der Waals surface area contributed by atoms with Crippen molar-refractivity contribution < 1.29 is 14.3 Å². The number of ether oxygens (including phenoxy) is 1. The number of nitrogens with one attached hydrogen (secondary N) is 2. The van der Waals surface area contributed by atoms with E-state index in [4.69, 9.17) is 4.74 Å². The third-order valence-corrected chi connectivity index (χ3v) is 2.81. The van der Waals surface area contributed by atoms with Gasteiger partial charge in [0.1, 0.15) is 0 Å². The minimum absolute atomic E-state index is 0.133. The minimum Gasteiger partial charge on any atom is -0.383 e. The summed E-state index contributed by atoms with van der Waals surface area (Å²) in [7, 11) is 1.64. The van der Waals surface area contributed by atoms with E-state index in [1.165, 1.54) is 0 Å². The molecule has 16 heavy (non-hydrogen) atoms. The molecule has 2 unspecified atom stereocenters.